The highest BCUT2D eigenvalue weighted by molar-refractivity contribution is 5.94. The third-order valence-corrected chi connectivity index (χ3v) is 4.97. The molecule has 2 amide bonds. The highest BCUT2D eigenvalue weighted by atomic mass is 16.5. The van der Waals surface area contributed by atoms with Crippen molar-refractivity contribution in [1.82, 2.24) is 4.90 Å². The second-order valence-corrected chi connectivity index (χ2v) is 7.82. The summed E-state index contributed by atoms with van der Waals surface area (Å²) in [6.45, 7) is 4.61. The van der Waals surface area contributed by atoms with E-state index in [-0.39, 0.29) is 24.9 Å². The molecule has 6 nitrogen and oxygen atoms in total. The van der Waals surface area contributed by atoms with E-state index < -0.39 is 0 Å². The summed E-state index contributed by atoms with van der Waals surface area (Å²) in [6, 6.07) is 22.8. The summed E-state index contributed by atoms with van der Waals surface area (Å²) >= 11 is 0. The average molecular weight is 432 g/mol. The van der Waals surface area contributed by atoms with Crippen LogP contribution < -0.4 is 15.4 Å². The van der Waals surface area contributed by atoms with Gasteiger partial charge in [-0.1, -0.05) is 47.5 Å². The Labute approximate surface area is 189 Å². The van der Waals surface area contributed by atoms with Gasteiger partial charge in [-0.2, -0.15) is 0 Å². The minimum atomic E-state index is -0.175. The number of methoxy groups -OCH3 is 1. The van der Waals surface area contributed by atoms with Gasteiger partial charge in [0.05, 0.1) is 20.2 Å². The molecule has 0 bridgehead atoms. The predicted molar refractivity (Wildman–Crippen MR) is 128 cm³/mol. The lowest BCUT2D eigenvalue weighted by Gasteiger charge is -2.22. The van der Waals surface area contributed by atoms with Gasteiger partial charge in [0.1, 0.15) is 5.75 Å². The SMILES string of the molecule is COc1ccc(CN(CC(=O)Nc2ccc(C)cc2)CC(=O)Nc2ccc(C)cc2)cc1. The summed E-state index contributed by atoms with van der Waals surface area (Å²) in [4.78, 5) is 27.2. The topological polar surface area (TPSA) is 70.7 Å². The van der Waals surface area contributed by atoms with Crippen molar-refractivity contribution in [3.05, 3.63) is 89.5 Å². The van der Waals surface area contributed by atoms with E-state index in [4.69, 9.17) is 4.74 Å². The molecule has 32 heavy (non-hydrogen) atoms. The molecule has 0 radical (unpaired) electrons. The number of ether oxygens (including phenoxy) is 1. The lowest BCUT2D eigenvalue weighted by atomic mass is 10.2. The molecule has 0 aliphatic carbocycles. The second kappa shape index (κ2) is 11.1. The number of aryl methyl sites for hydroxylation is 2. The molecule has 0 fully saturated rings. The van der Waals surface area contributed by atoms with Crippen LogP contribution in [-0.2, 0) is 16.1 Å². The lowest BCUT2D eigenvalue weighted by molar-refractivity contribution is -0.120. The maximum atomic E-state index is 12.7. The van der Waals surface area contributed by atoms with Crippen molar-refractivity contribution in [3.63, 3.8) is 0 Å². The van der Waals surface area contributed by atoms with E-state index in [1.807, 2.05) is 91.5 Å². The van der Waals surface area contributed by atoms with Gasteiger partial charge < -0.3 is 15.4 Å². The number of amides is 2. The van der Waals surface area contributed by atoms with Crippen LogP contribution in [-0.4, -0.2) is 36.9 Å². The molecular formula is C26H29N3O3. The first-order valence-electron chi connectivity index (χ1n) is 10.5. The van der Waals surface area contributed by atoms with Crippen LogP contribution in [0.2, 0.25) is 0 Å². The summed E-state index contributed by atoms with van der Waals surface area (Å²) in [7, 11) is 1.62. The summed E-state index contributed by atoms with van der Waals surface area (Å²) in [6.07, 6.45) is 0. The number of nitrogens with one attached hydrogen (secondary N) is 2. The van der Waals surface area contributed by atoms with E-state index in [9.17, 15) is 9.59 Å². The number of rotatable bonds is 9. The Hall–Kier alpha value is -3.64. The fraction of sp³-hybridized carbons (Fsp3) is 0.231. The average Bonchev–Trinajstić information content (AvgIpc) is 2.77. The summed E-state index contributed by atoms with van der Waals surface area (Å²) in [5.41, 5.74) is 4.69. The van der Waals surface area contributed by atoms with Crippen LogP contribution in [0.4, 0.5) is 11.4 Å². The first-order valence-corrected chi connectivity index (χ1v) is 10.5. The van der Waals surface area contributed by atoms with Crippen LogP contribution in [0, 0.1) is 13.8 Å². The number of carbonyl (C=O) groups excluding carboxylic acids is 2. The van der Waals surface area contributed by atoms with Gasteiger partial charge in [0.25, 0.3) is 0 Å². The maximum absolute atomic E-state index is 12.7. The normalized spacial score (nSPS) is 10.6. The first kappa shape index (κ1) is 23.0. The molecule has 3 aromatic carbocycles. The zero-order valence-electron chi connectivity index (χ0n) is 18.7. The molecule has 0 aromatic heterocycles. The number of carbonyl (C=O) groups is 2. The molecule has 0 saturated carbocycles. The van der Waals surface area contributed by atoms with Gasteiger partial charge in [-0.15, -0.1) is 0 Å². The molecule has 6 heteroatoms. The number of hydrogen-bond acceptors (Lipinski definition) is 4. The lowest BCUT2D eigenvalue weighted by Crippen LogP contribution is -2.38. The molecule has 0 heterocycles. The van der Waals surface area contributed by atoms with E-state index in [1.165, 1.54) is 0 Å². The zero-order valence-corrected chi connectivity index (χ0v) is 18.7. The van der Waals surface area contributed by atoms with Crippen LogP contribution in [0.5, 0.6) is 5.75 Å². The molecule has 0 saturated heterocycles. The van der Waals surface area contributed by atoms with Gasteiger partial charge in [-0.3, -0.25) is 14.5 Å². The number of hydrogen-bond donors (Lipinski definition) is 2. The molecule has 3 aromatic rings. The van der Waals surface area contributed by atoms with E-state index in [1.54, 1.807) is 7.11 Å². The van der Waals surface area contributed by atoms with Crippen molar-refractivity contribution >= 4 is 23.2 Å². The smallest absolute Gasteiger partial charge is 0.238 e. The number of anilines is 2. The second-order valence-electron chi connectivity index (χ2n) is 7.82. The monoisotopic (exact) mass is 431 g/mol. The Kier molecular flexibility index (Phi) is 8.00. The Morgan fingerprint density at radius 1 is 0.719 bits per heavy atom. The van der Waals surface area contributed by atoms with E-state index in [0.717, 1.165) is 33.8 Å². The fourth-order valence-electron chi connectivity index (χ4n) is 3.24. The van der Waals surface area contributed by atoms with Crippen LogP contribution in [0.15, 0.2) is 72.8 Å². The van der Waals surface area contributed by atoms with Crippen molar-refractivity contribution in [2.75, 3.05) is 30.8 Å². The largest absolute Gasteiger partial charge is 0.497 e. The Morgan fingerprint density at radius 3 is 1.56 bits per heavy atom. The van der Waals surface area contributed by atoms with Crippen molar-refractivity contribution in [2.45, 2.75) is 20.4 Å². The molecule has 0 aliphatic rings. The van der Waals surface area contributed by atoms with E-state index >= 15 is 0 Å². The molecular weight excluding hydrogens is 402 g/mol. The standard InChI is InChI=1S/C26H29N3O3/c1-19-4-10-22(11-5-19)27-25(30)17-29(16-21-8-14-24(32-3)15-9-21)18-26(31)28-23-12-6-20(2)7-13-23/h4-15H,16-18H2,1-3H3,(H,27,30)(H,28,31). The molecule has 3 rings (SSSR count). The van der Waals surface area contributed by atoms with Crippen molar-refractivity contribution in [3.8, 4) is 5.75 Å². The van der Waals surface area contributed by atoms with E-state index in [0.29, 0.717) is 6.54 Å². The van der Waals surface area contributed by atoms with Gasteiger partial charge >= 0.3 is 0 Å². The van der Waals surface area contributed by atoms with Crippen LogP contribution in [0.3, 0.4) is 0 Å². The minimum Gasteiger partial charge on any atom is -0.497 e. The molecule has 0 atom stereocenters. The third-order valence-electron chi connectivity index (χ3n) is 4.97. The molecule has 0 aliphatic heterocycles. The molecule has 166 valence electrons. The quantitative estimate of drug-likeness (QED) is 0.527. The van der Waals surface area contributed by atoms with Crippen LogP contribution in [0.25, 0.3) is 0 Å². The zero-order chi connectivity index (χ0) is 22.9. The van der Waals surface area contributed by atoms with Gasteiger partial charge in [-0.05, 0) is 55.8 Å². The number of benzene rings is 3. The van der Waals surface area contributed by atoms with Crippen molar-refractivity contribution in [1.29, 1.82) is 0 Å². The van der Waals surface area contributed by atoms with Crippen molar-refractivity contribution in [2.24, 2.45) is 0 Å². The summed E-state index contributed by atoms with van der Waals surface area (Å²) < 4.78 is 5.21. The minimum absolute atomic E-state index is 0.0845. The third kappa shape index (κ3) is 7.25. The maximum Gasteiger partial charge on any atom is 0.238 e. The highest BCUT2D eigenvalue weighted by Crippen LogP contribution is 2.14. The van der Waals surface area contributed by atoms with Gasteiger partial charge in [0.2, 0.25) is 11.8 Å². The van der Waals surface area contributed by atoms with Crippen LogP contribution >= 0.6 is 0 Å². The van der Waals surface area contributed by atoms with Crippen molar-refractivity contribution < 1.29 is 14.3 Å². The molecule has 2 N–H and O–H groups in total. The summed E-state index contributed by atoms with van der Waals surface area (Å²) in [5.74, 6) is 0.408. The molecule has 0 spiro atoms. The van der Waals surface area contributed by atoms with Gasteiger partial charge in [0, 0.05) is 17.9 Å². The van der Waals surface area contributed by atoms with Gasteiger partial charge in [-0.25, -0.2) is 0 Å². The van der Waals surface area contributed by atoms with Crippen LogP contribution in [0.1, 0.15) is 16.7 Å². The van der Waals surface area contributed by atoms with Gasteiger partial charge in [0.15, 0.2) is 0 Å². The highest BCUT2D eigenvalue weighted by Gasteiger charge is 2.16. The first-order chi connectivity index (χ1) is 15.4. The fourth-order valence-corrected chi connectivity index (χ4v) is 3.24. The Balaban J connectivity index is 1.67. The molecule has 0 unspecified atom stereocenters. The van der Waals surface area contributed by atoms with E-state index in [2.05, 4.69) is 10.6 Å². The number of nitrogens with zero attached hydrogens (tertiary/aromatic N) is 1. The Bertz CT molecular complexity index is 968. The predicted octanol–water partition coefficient (Wildman–Crippen LogP) is 4.39. The Morgan fingerprint density at radius 2 is 1.16 bits per heavy atom. The summed E-state index contributed by atoms with van der Waals surface area (Å²) in [5, 5.41) is 5.80.